The van der Waals surface area contributed by atoms with Gasteiger partial charge in [-0.2, -0.15) is 5.10 Å². The molecule has 2 fully saturated rings. The molecule has 0 unspecified atom stereocenters. The van der Waals surface area contributed by atoms with E-state index in [0.717, 1.165) is 35.2 Å². The van der Waals surface area contributed by atoms with Crippen molar-refractivity contribution in [1.82, 2.24) is 20.2 Å². The first kappa shape index (κ1) is 33.5. The van der Waals surface area contributed by atoms with Crippen LogP contribution in [0.5, 0.6) is 11.5 Å². The van der Waals surface area contributed by atoms with Gasteiger partial charge in [0.05, 0.1) is 38.6 Å². The highest BCUT2D eigenvalue weighted by Crippen LogP contribution is 2.36. The Bertz CT molecular complexity index is 1520. The molecule has 0 spiro atoms. The van der Waals surface area contributed by atoms with Crippen LogP contribution in [-0.4, -0.2) is 77.3 Å². The van der Waals surface area contributed by atoms with Crippen LogP contribution >= 0.6 is 0 Å². The van der Waals surface area contributed by atoms with E-state index < -0.39 is 5.60 Å². The SMILES string of the molecule is CC.COc1c(Nc2n[nH]c3ccccc23)nc(CC(C)(C)O)nc1N1CCOCC1.COc1ccc(NC(=O)C2CC2)cc1. The van der Waals surface area contributed by atoms with Crippen molar-refractivity contribution >= 4 is 40.0 Å². The van der Waals surface area contributed by atoms with Crippen LogP contribution in [0.1, 0.15) is 46.4 Å². The van der Waals surface area contributed by atoms with E-state index in [9.17, 15) is 9.90 Å². The molecule has 2 aliphatic rings. The number of methoxy groups -OCH3 is 2. The number of ether oxygens (including phenoxy) is 3. The van der Waals surface area contributed by atoms with Crippen molar-refractivity contribution in [3.8, 4) is 11.5 Å². The zero-order valence-electron chi connectivity index (χ0n) is 27.0. The highest BCUT2D eigenvalue weighted by atomic mass is 16.5. The van der Waals surface area contributed by atoms with Crippen molar-refractivity contribution in [2.45, 2.75) is 52.6 Å². The molecule has 4 N–H and O–H groups in total. The van der Waals surface area contributed by atoms with E-state index >= 15 is 0 Å². The van der Waals surface area contributed by atoms with Crippen LogP contribution in [0.2, 0.25) is 0 Å². The van der Waals surface area contributed by atoms with E-state index in [4.69, 9.17) is 19.2 Å². The summed E-state index contributed by atoms with van der Waals surface area (Å²) >= 11 is 0. The number of morpholine rings is 1. The molecule has 1 saturated heterocycles. The van der Waals surface area contributed by atoms with Gasteiger partial charge >= 0.3 is 0 Å². The molecule has 0 atom stereocenters. The van der Waals surface area contributed by atoms with Gasteiger partial charge in [-0.25, -0.2) is 9.97 Å². The first-order valence-corrected chi connectivity index (χ1v) is 15.4. The number of amides is 1. The minimum Gasteiger partial charge on any atom is -0.497 e. The Labute approximate surface area is 264 Å². The second-order valence-electron chi connectivity index (χ2n) is 11.2. The molecular weight excluding hydrogens is 574 g/mol. The molecule has 1 aliphatic carbocycles. The number of rotatable bonds is 9. The summed E-state index contributed by atoms with van der Waals surface area (Å²) in [4.78, 5) is 22.9. The normalized spacial score (nSPS) is 14.4. The van der Waals surface area contributed by atoms with Crippen molar-refractivity contribution in [3.63, 3.8) is 0 Å². The van der Waals surface area contributed by atoms with Gasteiger partial charge in [-0.3, -0.25) is 9.89 Å². The number of hydrogen-bond acceptors (Lipinski definition) is 10. The van der Waals surface area contributed by atoms with Gasteiger partial charge in [0.2, 0.25) is 11.7 Å². The number of carbonyl (C=O) groups is 1. The van der Waals surface area contributed by atoms with Crippen LogP contribution in [0.4, 0.5) is 23.1 Å². The van der Waals surface area contributed by atoms with Gasteiger partial charge in [0, 0.05) is 36.5 Å². The molecule has 1 saturated carbocycles. The Morgan fingerprint density at radius 1 is 1.02 bits per heavy atom. The van der Waals surface area contributed by atoms with E-state index in [1.54, 1.807) is 28.1 Å². The number of benzene rings is 2. The van der Waals surface area contributed by atoms with Gasteiger partial charge in [0.15, 0.2) is 17.5 Å². The highest BCUT2D eigenvalue weighted by Gasteiger charge is 2.29. The molecule has 12 nitrogen and oxygen atoms in total. The second kappa shape index (κ2) is 15.5. The number of carbonyl (C=O) groups excluding carboxylic acids is 1. The number of fused-ring (bicyclic) bond motifs is 1. The summed E-state index contributed by atoms with van der Waals surface area (Å²) in [6.07, 6.45) is 2.37. The molecule has 1 aliphatic heterocycles. The minimum atomic E-state index is -0.937. The molecule has 4 aromatic rings. The summed E-state index contributed by atoms with van der Waals surface area (Å²) in [5.74, 6) is 4.11. The minimum absolute atomic E-state index is 0.134. The summed E-state index contributed by atoms with van der Waals surface area (Å²) in [6.45, 7) is 10.1. The van der Waals surface area contributed by atoms with Crippen molar-refractivity contribution < 1.29 is 24.1 Å². The largest absolute Gasteiger partial charge is 0.497 e. The van der Waals surface area contributed by atoms with Gasteiger partial charge in [-0.05, 0) is 63.1 Å². The van der Waals surface area contributed by atoms with Crippen LogP contribution in [-0.2, 0) is 16.0 Å². The predicted molar refractivity (Wildman–Crippen MR) is 177 cm³/mol. The van der Waals surface area contributed by atoms with E-state index in [2.05, 4.69) is 30.7 Å². The van der Waals surface area contributed by atoms with E-state index in [0.29, 0.717) is 61.8 Å². The molecule has 3 heterocycles. The number of anilines is 4. The molecule has 242 valence electrons. The lowest BCUT2D eigenvalue weighted by Crippen LogP contribution is -2.37. The quantitative estimate of drug-likeness (QED) is 0.194. The lowest BCUT2D eigenvalue weighted by molar-refractivity contribution is -0.117. The standard InChI is InChI=1S/C20H26N6O3.C11H13NO2.C2H6/c1-20(2,27)12-15-21-18(23-17-13-6-4-5-7-14(13)24-25-17)16(28-3)19(22-15)26-8-10-29-11-9-26;1-14-10-6-4-9(5-7-10)12-11(13)8-2-3-8;1-2/h4-7,27H,8-12H2,1-3H3,(H2,21,22,23,24,25);4-8H,2-3H2,1H3,(H,12,13);1-2H3. The zero-order chi connectivity index (χ0) is 32.4. The second-order valence-corrected chi connectivity index (χ2v) is 11.2. The molecule has 2 aromatic carbocycles. The van der Waals surface area contributed by atoms with Crippen LogP contribution in [0.3, 0.4) is 0 Å². The predicted octanol–water partition coefficient (Wildman–Crippen LogP) is 5.33. The van der Waals surface area contributed by atoms with Crippen LogP contribution in [0.25, 0.3) is 10.9 Å². The van der Waals surface area contributed by atoms with Gasteiger partial charge in [-0.15, -0.1) is 0 Å². The molecule has 0 radical (unpaired) electrons. The fourth-order valence-electron chi connectivity index (χ4n) is 4.65. The van der Waals surface area contributed by atoms with E-state index in [1.807, 2.05) is 62.4 Å². The lowest BCUT2D eigenvalue weighted by atomic mass is 10.1. The average Bonchev–Trinajstić information content (AvgIpc) is 3.83. The number of nitrogens with one attached hydrogen (secondary N) is 3. The Kier molecular flexibility index (Phi) is 11.6. The average molecular weight is 620 g/mol. The van der Waals surface area contributed by atoms with Crippen LogP contribution in [0.15, 0.2) is 48.5 Å². The van der Waals surface area contributed by atoms with E-state index in [-0.39, 0.29) is 11.8 Å². The zero-order valence-corrected chi connectivity index (χ0v) is 27.0. The molecule has 0 bridgehead atoms. The molecule has 1 amide bonds. The smallest absolute Gasteiger partial charge is 0.227 e. The summed E-state index contributed by atoms with van der Waals surface area (Å²) < 4.78 is 16.2. The Balaban J connectivity index is 0.000000241. The Morgan fingerprint density at radius 3 is 2.33 bits per heavy atom. The van der Waals surface area contributed by atoms with Gasteiger partial charge in [0.25, 0.3) is 0 Å². The third-order valence-electron chi connectivity index (χ3n) is 7.01. The monoisotopic (exact) mass is 619 g/mol. The number of H-pyrrole nitrogens is 1. The topological polar surface area (TPSA) is 147 Å². The molecule has 6 rings (SSSR count). The molecule has 2 aromatic heterocycles. The van der Waals surface area contributed by atoms with Crippen LogP contribution < -0.4 is 25.0 Å². The lowest BCUT2D eigenvalue weighted by Gasteiger charge is -2.30. The van der Waals surface area contributed by atoms with Crippen molar-refractivity contribution in [3.05, 3.63) is 54.4 Å². The third kappa shape index (κ3) is 9.29. The highest BCUT2D eigenvalue weighted by molar-refractivity contribution is 5.94. The van der Waals surface area contributed by atoms with Crippen molar-refractivity contribution in [2.24, 2.45) is 5.92 Å². The number of aromatic amines is 1. The first-order chi connectivity index (χ1) is 21.7. The summed E-state index contributed by atoms with van der Waals surface area (Å²) in [7, 11) is 3.23. The number of aromatic nitrogens is 4. The third-order valence-corrected chi connectivity index (χ3v) is 7.01. The summed E-state index contributed by atoms with van der Waals surface area (Å²) in [5.41, 5.74) is 0.823. The van der Waals surface area contributed by atoms with Crippen molar-refractivity contribution in [2.75, 3.05) is 56.1 Å². The molecular formula is C33H45N7O5. The maximum Gasteiger partial charge on any atom is 0.227 e. The summed E-state index contributed by atoms with van der Waals surface area (Å²) in [6, 6.07) is 15.2. The summed E-state index contributed by atoms with van der Waals surface area (Å²) in [5, 5.41) is 24.8. The number of aliphatic hydroxyl groups is 1. The number of hydrogen-bond donors (Lipinski definition) is 4. The fourth-order valence-corrected chi connectivity index (χ4v) is 4.65. The first-order valence-electron chi connectivity index (χ1n) is 15.4. The van der Waals surface area contributed by atoms with Gasteiger partial charge in [-0.1, -0.05) is 26.0 Å². The Morgan fingerprint density at radius 2 is 1.71 bits per heavy atom. The van der Waals surface area contributed by atoms with Crippen molar-refractivity contribution in [1.29, 1.82) is 0 Å². The number of nitrogens with zero attached hydrogens (tertiary/aromatic N) is 4. The Hall–Kier alpha value is -4.42. The molecule has 45 heavy (non-hydrogen) atoms. The van der Waals surface area contributed by atoms with E-state index in [1.165, 1.54) is 0 Å². The maximum absolute atomic E-state index is 11.4. The van der Waals surface area contributed by atoms with Gasteiger partial charge in [0.1, 0.15) is 11.6 Å². The fraction of sp³-hybridized carbons (Fsp3) is 0.455. The van der Waals surface area contributed by atoms with Crippen LogP contribution in [0, 0.1) is 5.92 Å². The maximum atomic E-state index is 11.4. The van der Waals surface area contributed by atoms with Gasteiger partial charge < -0.3 is 34.9 Å². The molecule has 12 heteroatoms. The number of para-hydroxylation sites is 1.